The van der Waals surface area contributed by atoms with Gasteiger partial charge < -0.3 is 18.6 Å². The van der Waals surface area contributed by atoms with Gasteiger partial charge in [-0.3, -0.25) is 0 Å². The molecule has 0 radical (unpaired) electrons. The minimum Gasteiger partial charge on any atom is -0.456 e. The van der Waals surface area contributed by atoms with Gasteiger partial charge in [-0.05, 0) is 118 Å². The summed E-state index contributed by atoms with van der Waals surface area (Å²) >= 11 is 0. The van der Waals surface area contributed by atoms with E-state index in [4.69, 9.17) is 8.83 Å². The zero-order valence-electron chi connectivity index (χ0n) is 32.5. The van der Waals surface area contributed by atoms with Crippen molar-refractivity contribution in [3.05, 3.63) is 218 Å². The Hall–Kier alpha value is -8.08. The first-order valence-electron chi connectivity index (χ1n) is 20.3. The van der Waals surface area contributed by atoms with Crippen LogP contribution in [0.3, 0.4) is 0 Å². The molecule has 12 rings (SSSR count). The zero-order valence-corrected chi connectivity index (χ0v) is 32.5. The fraction of sp³-hybridized carbons (Fsp3) is 0. The van der Waals surface area contributed by atoms with Gasteiger partial charge >= 0.3 is 0 Å². The number of benzene rings is 10. The van der Waals surface area contributed by atoms with Crippen molar-refractivity contribution in [2.24, 2.45) is 0 Å². The van der Waals surface area contributed by atoms with Crippen LogP contribution in [0.5, 0.6) is 0 Å². The number of fused-ring (bicyclic) bond motifs is 9. The zero-order chi connectivity index (χ0) is 39.6. The molecule has 0 bridgehead atoms. The van der Waals surface area contributed by atoms with E-state index in [0.29, 0.717) is 0 Å². The summed E-state index contributed by atoms with van der Waals surface area (Å²) in [5.74, 6) is 0. The molecule has 0 unspecified atom stereocenters. The second kappa shape index (κ2) is 13.8. The van der Waals surface area contributed by atoms with Crippen LogP contribution in [0.1, 0.15) is 0 Å². The maximum atomic E-state index is 6.75. The van der Waals surface area contributed by atoms with Gasteiger partial charge in [0, 0.05) is 50.0 Å². The molecule has 0 atom stereocenters. The summed E-state index contributed by atoms with van der Waals surface area (Å²) in [6.45, 7) is 0. The van der Waals surface area contributed by atoms with E-state index in [-0.39, 0.29) is 0 Å². The van der Waals surface area contributed by atoms with Crippen molar-refractivity contribution in [1.82, 2.24) is 0 Å². The van der Waals surface area contributed by atoms with Crippen LogP contribution < -0.4 is 9.80 Å². The van der Waals surface area contributed by atoms with Crippen molar-refractivity contribution in [3.8, 4) is 11.1 Å². The smallest absolute Gasteiger partial charge is 0.159 e. The highest BCUT2D eigenvalue weighted by Crippen LogP contribution is 2.48. The third-order valence-corrected chi connectivity index (χ3v) is 11.8. The molecule has 2 heterocycles. The van der Waals surface area contributed by atoms with E-state index in [1.807, 2.05) is 24.3 Å². The third kappa shape index (κ3) is 5.53. The maximum Gasteiger partial charge on any atom is 0.159 e. The van der Waals surface area contributed by atoms with Crippen molar-refractivity contribution in [2.45, 2.75) is 0 Å². The summed E-state index contributed by atoms with van der Waals surface area (Å²) in [5, 5.41) is 9.19. The summed E-state index contributed by atoms with van der Waals surface area (Å²) in [6.07, 6.45) is 0. The van der Waals surface area contributed by atoms with E-state index < -0.39 is 0 Å². The summed E-state index contributed by atoms with van der Waals surface area (Å²) in [5.41, 5.74) is 11.7. The lowest BCUT2D eigenvalue weighted by atomic mass is 9.92. The molecule has 10 aromatic carbocycles. The Balaban J connectivity index is 1.18. The number of hydrogen-bond donors (Lipinski definition) is 0. The van der Waals surface area contributed by atoms with E-state index in [9.17, 15) is 0 Å². The lowest BCUT2D eigenvalue weighted by Crippen LogP contribution is -2.14. The summed E-state index contributed by atoms with van der Waals surface area (Å²) < 4.78 is 13.1. The predicted octanol–water partition coefficient (Wildman–Crippen LogP) is 16.4. The predicted molar refractivity (Wildman–Crippen MR) is 251 cm³/mol. The van der Waals surface area contributed by atoms with Crippen molar-refractivity contribution in [1.29, 1.82) is 0 Å². The van der Waals surface area contributed by atoms with Gasteiger partial charge in [0.05, 0.1) is 5.69 Å². The van der Waals surface area contributed by atoms with Crippen LogP contribution in [0.15, 0.2) is 227 Å². The molecule has 0 N–H and O–H groups in total. The molecule has 0 fully saturated rings. The molecule has 0 saturated heterocycles. The Bertz CT molecular complexity index is 3570. The number of anilines is 6. The van der Waals surface area contributed by atoms with Crippen LogP contribution in [-0.2, 0) is 0 Å². The van der Waals surface area contributed by atoms with Crippen LogP contribution in [0, 0.1) is 0 Å². The molecule has 0 aliphatic heterocycles. The number of hydrogen-bond acceptors (Lipinski definition) is 4. The van der Waals surface area contributed by atoms with Gasteiger partial charge in [0.25, 0.3) is 0 Å². The van der Waals surface area contributed by atoms with E-state index >= 15 is 0 Å². The minimum absolute atomic E-state index is 0.836. The summed E-state index contributed by atoms with van der Waals surface area (Å²) in [6, 6.07) is 77.6. The molecule has 4 nitrogen and oxygen atoms in total. The van der Waals surface area contributed by atoms with Crippen LogP contribution in [-0.4, -0.2) is 0 Å². The van der Waals surface area contributed by atoms with E-state index in [1.54, 1.807) is 0 Å². The minimum atomic E-state index is 0.836. The molecule has 0 aliphatic rings. The van der Waals surface area contributed by atoms with Crippen molar-refractivity contribution < 1.29 is 8.83 Å². The lowest BCUT2D eigenvalue weighted by molar-refractivity contribution is 0.668. The van der Waals surface area contributed by atoms with E-state index in [1.165, 1.54) is 21.5 Å². The maximum absolute atomic E-state index is 6.75. The van der Waals surface area contributed by atoms with Crippen LogP contribution in [0.25, 0.3) is 76.5 Å². The number of rotatable bonds is 7. The number of furan rings is 2. The fourth-order valence-electron chi connectivity index (χ4n) is 9.09. The second-order valence-corrected chi connectivity index (χ2v) is 15.3. The normalized spacial score (nSPS) is 11.7. The molecule has 4 heteroatoms. The molecule has 0 spiro atoms. The Kier molecular flexibility index (Phi) is 7.82. The Morgan fingerprint density at radius 1 is 0.283 bits per heavy atom. The second-order valence-electron chi connectivity index (χ2n) is 15.3. The van der Waals surface area contributed by atoms with Gasteiger partial charge in [-0.25, -0.2) is 0 Å². The lowest BCUT2D eigenvalue weighted by Gasteiger charge is -2.30. The van der Waals surface area contributed by atoms with E-state index in [2.05, 4.69) is 204 Å². The third-order valence-electron chi connectivity index (χ3n) is 11.8. The standard InChI is InChI=1S/C56H36N2O2/c1-3-17-39(18-4-1)57(41-30-31-55-51(36-41)48-25-12-13-28-53(48)59-55)42-32-38(50-34-37-16-7-8-21-44(37)45-22-9-10-23-46(45)50)33-43(35-42)58(40-19-5-2-6-20-40)52-27-15-26-49-47-24-11-14-29-54(47)60-56(49)52/h1-36H. The largest absolute Gasteiger partial charge is 0.456 e. The number of para-hydroxylation sites is 5. The Morgan fingerprint density at radius 2 is 0.833 bits per heavy atom. The van der Waals surface area contributed by atoms with E-state index in [0.717, 1.165) is 89.1 Å². The highest BCUT2D eigenvalue weighted by molar-refractivity contribution is 6.15. The van der Waals surface area contributed by atoms with Gasteiger partial charge in [0.2, 0.25) is 0 Å². The highest BCUT2D eigenvalue weighted by atomic mass is 16.3. The quantitative estimate of drug-likeness (QED) is 0.151. The summed E-state index contributed by atoms with van der Waals surface area (Å²) in [7, 11) is 0. The molecular weight excluding hydrogens is 733 g/mol. The molecular formula is C56H36N2O2. The number of nitrogens with zero attached hydrogens (tertiary/aromatic N) is 2. The van der Waals surface area contributed by atoms with Crippen molar-refractivity contribution >= 4 is 99.5 Å². The molecule has 12 aromatic rings. The van der Waals surface area contributed by atoms with Crippen LogP contribution >= 0.6 is 0 Å². The molecule has 60 heavy (non-hydrogen) atoms. The fourth-order valence-corrected chi connectivity index (χ4v) is 9.09. The summed E-state index contributed by atoms with van der Waals surface area (Å²) in [4.78, 5) is 4.71. The average Bonchev–Trinajstić information content (AvgIpc) is 3.88. The van der Waals surface area contributed by atoms with Gasteiger partial charge in [-0.1, -0.05) is 133 Å². The average molecular weight is 769 g/mol. The van der Waals surface area contributed by atoms with Gasteiger partial charge in [0.1, 0.15) is 16.7 Å². The first kappa shape index (κ1) is 34.0. The van der Waals surface area contributed by atoms with Gasteiger partial charge in [-0.15, -0.1) is 0 Å². The van der Waals surface area contributed by atoms with Crippen LogP contribution in [0.4, 0.5) is 34.1 Å². The molecule has 2 aromatic heterocycles. The molecule has 282 valence electrons. The van der Waals surface area contributed by atoms with Crippen LogP contribution in [0.2, 0.25) is 0 Å². The first-order chi connectivity index (χ1) is 29.7. The van der Waals surface area contributed by atoms with Gasteiger partial charge in [-0.2, -0.15) is 0 Å². The first-order valence-corrected chi connectivity index (χ1v) is 20.3. The molecule has 0 aliphatic carbocycles. The molecule has 0 amide bonds. The SMILES string of the molecule is c1ccc(N(c2cc(-c3cc4ccccc4c4ccccc34)cc(N(c3ccccc3)c3cccc4c3oc3ccccc34)c2)c2ccc3oc4ccccc4c3c2)cc1. The Labute approximate surface area is 346 Å². The van der Waals surface area contributed by atoms with Crippen molar-refractivity contribution in [3.63, 3.8) is 0 Å². The monoisotopic (exact) mass is 768 g/mol. The Morgan fingerprint density at radius 3 is 1.58 bits per heavy atom. The van der Waals surface area contributed by atoms with Gasteiger partial charge in [0.15, 0.2) is 5.58 Å². The van der Waals surface area contributed by atoms with Crippen molar-refractivity contribution in [2.75, 3.05) is 9.80 Å². The highest BCUT2D eigenvalue weighted by Gasteiger charge is 2.24. The molecule has 0 saturated carbocycles. The topological polar surface area (TPSA) is 32.8 Å².